The number of rotatable bonds is 8. The van der Waals surface area contributed by atoms with Gasteiger partial charge >= 0.3 is 12.6 Å². The number of carboxylic acids is 1. The molecular formula is C15H19F2NO4. The lowest BCUT2D eigenvalue weighted by atomic mass is 10.0. The number of carboxylic acid groups (broad SMARTS) is 1. The van der Waals surface area contributed by atoms with Crippen LogP contribution >= 0.6 is 0 Å². The average molecular weight is 315 g/mol. The van der Waals surface area contributed by atoms with Gasteiger partial charge < -0.3 is 15.2 Å². The van der Waals surface area contributed by atoms with Gasteiger partial charge in [0, 0.05) is 6.42 Å². The molecule has 0 aliphatic heterocycles. The second kappa shape index (κ2) is 8.31. The molecule has 0 bridgehead atoms. The monoisotopic (exact) mass is 315 g/mol. The number of amides is 1. The fourth-order valence-corrected chi connectivity index (χ4v) is 1.85. The Hall–Kier alpha value is -2.18. The number of nitrogens with one attached hydrogen (secondary N) is 1. The Balaban J connectivity index is 2.48. The maximum Gasteiger partial charge on any atom is 0.387 e. The van der Waals surface area contributed by atoms with Crippen LogP contribution in [0.1, 0.15) is 25.8 Å². The number of hydrogen-bond donors (Lipinski definition) is 2. The Labute approximate surface area is 127 Å². The van der Waals surface area contributed by atoms with Gasteiger partial charge in [0.15, 0.2) is 0 Å². The van der Waals surface area contributed by atoms with Crippen LogP contribution in [0.3, 0.4) is 0 Å². The van der Waals surface area contributed by atoms with Gasteiger partial charge in [0.05, 0.1) is 0 Å². The van der Waals surface area contributed by atoms with Gasteiger partial charge in [0.1, 0.15) is 11.8 Å². The molecule has 5 nitrogen and oxygen atoms in total. The van der Waals surface area contributed by atoms with Crippen LogP contribution in [-0.4, -0.2) is 29.6 Å². The second-order valence-corrected chi connectivity index (χ2v) is 5.15. The molecular weight excluding hydrogens is 296 g/mol. The van der Waals surface area contributed by atoms with E-state index in [2.05, 4.69) is 10.1 Å². The number of benzene rings is 1. The van der Waals surface area contributed by atoms with Crippen LogP contribution in [0, 0.1) is 5.92 Å². The maximum atomic E-state index is 12.0. The van der Waals surface area contributed by atoms with E-state index in [1.165, 1.54) is 12.1 Å². The number of carbonyl (C=O) groups is 2. The number of alkyl halides is 2. The van der Waals surface area contributed by atoms with E-state index in [4.69, 9.17) is 5.11 Å². The van der Waals surface area contributed by atoms with Crippen molar-refractivity contribution in [2.75, 3.05) is 0 Å². The van der Waals surface area contributed by atoms with E-state index < -0.39 is 18.6 Å². The summed E-state index contributed by atoms with van der Waals surface area (Å²) in [5.41, 5.74) is 0.771. The van der Waals surface area contributed by atoms with E-state index in [-0.39, 0.29) is 24.0 Å². The Morgan fingerprint density at radius 1 is 1.23 bits per heavy atom. The Kier molecular flexibility index (Phi) is 6.75. The average Bonchev–Trinajstić information content (AvgIpc) is 2.42. The van der Waals surface area contributed by atoms with Crippen molar-refractivity contribution in [3.63, 3.8) is 0 Å². The third-order valence-electron chi connectivity index (χ3n) is 3.04. The molecule has 0 unspecified atom stereocenters. The molecule has 0 spiro atoms. The predicted molar refractivity (Wildman–Crippen MR) is 75.8 cm³/mol. The van der Waals surface area contributed by atoms with E-state index in [0.717, 1.165) is 5.56 Å². The van der Waals surface area contributed by atoms with E-state index >= 15 is 0 Å². The van der Waals surface area contributed by atoms with Crippen molar-refractivity contribution in [1.82, 2.24) is 5.32 Å². The molecule has 1 aromatic rings. The molecule has 0 heterocycles. The molecule has 0 saturated heterocycles. The summed E-state index contributed by atoms with van der Waals surface area (Å²) in [6.07, 6.45) is 0.497. The molecule has 1 aromatic carbocycles. The molecule has 0 fully saturated rings. The largest absolute Gasteiger partial charge is 0.480 e. The summed E-state index contributed by atoms with van der Waals surface area (Å²) in [7, 11) is 0. The molecule has 122 valence electrons. The standard InChI is InChI=1S/C15H19F2NO4/c1-9(2)13(14(20)21)18-12(19)8-5-10-3-6-11(7-4-10)22-15(16)17/h3-4,6-7,9,13,15H,5,8H2,1-2H3,(H,18,19)(H,20,21)/t13-/m1/s1. The maximum absolute atomic E-state index is 12.0. The fraction of sp³-hybridized carbons (Fsp3) is 0.467. The van der Waals surface area contributed by atoms with Gasteiger partial charge in [-0.25, -0.2) is 4.79 Å². The Bertz CT molecular complexity index is 503. The highest BCUT2D eigenvalue weighted by Crippen LogP contribution is 2.15. The van der Waals surface area contributed by atoms with E-state index in [9.17, 15) is 18.4 Å². The molecule has 0 saturated carbocycles. The summed E-state index contributed by atoms with van der Waals surface area (Å²) >= 11 is 0. The first-order valence-electron chi connectivity index (χ1n) is 6.85. The van der Waals surface area contributed by atoms with Crippen LogP contribution < -0.4 is 10.1 Å². The molecule has 0 aliphatic carbocycles. The third-order valence-corrected chi connectivity index (χ3v) is 3.04. The highest BCUT2D eigenvalue weighted by Gasteiger charge is 2.22. The highest BCUT2D eigenvalue weighted by molar-refractivity contribution is 5.83. The first-order chi connectivity index (χ1) is 10.3. The topological polar surface area (TPSA) is 75.6 Å². The first kappa shape index (κ1) is 17.9. The summed E-state index contributed by atoms with van der Waals surface area (Å²) in [6.45, 7) is 0.544. The highest BCUT2D eigenvalue weighted by atomic mass is 19.3. The van der Waals surface area contributed by atoms with E-state index in [1.54, 1.807) is 26.0 Å². The minimum Gasteiger partial charge on any atom is -0.480 e. The number of aliphatic carboxylic acids is 1. The van der Waals surface area contributed by atoms with Gasteiger partial charge in [-0.3, -0.25) is 4.79 Å². The van der Waals surface area contributed by atoms with Crippen LogP contribution in [0.2, 0.25) is 0 Å². The number of ether oxygens (including phenoxy) is 1. The Morgan fingerprint density at radius 3 is 2.27 bits per heavy atom. The van der Waals surface area contributed by atoms with E-state index in [0.29, 0.717) is 6.42 Å². The zero-order chi connectivity index (χ0) is 16.7. The van der Waals surface area contributed by atoms with Crippen molar-refractivity contribution >= 4 is 11.9 Å². The molecule has 1 atom stereocenters. The van der Waals surface area contributed by atoms with Crippen molar-refractivity contribution in [2.45, 2.75) is 39.3 Å². The van der Waals surface area contributed by atoms with Gasteiger partial charge in [-0.05, 0) is 30.0 Å². The van der Waals surface area contributed by atoms with Crippen molar-refractivity contribution in [3.05, 3.63) is 29.8 Å². The number of hydrogen-bond acceptors (Lipinski definition) is 3. The van der Waals surface area contributed by atoms with E-state index in [1.807, 2.05) is 0 Å². The van der Waals surface area contributed by atoms with Crippen molar-refractivity contribution in [3.8, 4) is 5.75 Å². The molecule has 0 aliphatic rings. The van der Waals surface area contributed by atoms with Crippen molar-refractivity contribution < 1.29 is 28.2 Å². The fourth-order valence-electron chi connectivity index (χ4n) is 1.85. The molecule has 0 radical (unpaired) electrons. The van der Waals surface area contributed by atoms with Crippen molar-refractivity contribution in [1.29, 1.82) is 0 Å². The zero-order valence-corrected chi connectivity index (χ0v) is 12.4. The summed E-state index contributed by atoms with van der Waals surface area (Å²) < 4.78 is 28.2. The molecule has 0 aromatic heterocycles. The smallest absolute Gasteiger partial charge is 0.387 e. The third kappa shape index (κ3) is 6.07. The molecule has 1 amide bonds. The minimum absolute atomic E-state index is 0.0500. The number of carbonyl (C=O) groups excluding carboxylic acids is 1. The summed E-state index contributed by atoms with van der Waals surface area (Å²) in [5, 5.41) is 11.5. The van der Waals surface area contributed by atoms with Crippen LogP contribution in [0.25, 0.3) is 0 Å². The number of halogens is 2. The lowest BCUT2D eigenvalue weighted by Crippen LogP contribution is -2.44. The molecule has 7 heteroatoms. The first-order valence-corrected chi connectivity index (χ1v) is 6.85. The summed E-state index contributed by atoms with van der Waals surface area (Å²) in [5.74, 6) is -1.60. The van der Waals surface area contributed by atoms with Crippen LogP contribution in [0.15, 0.2) is 24.3 Å². The lowest BCUT2D eigenvalue weighted by Gasteiger charge is -2.17. The normalized spacial score (nSPS) is 12.3. The quantitative estimate of drug-likeness (QED) is 0.772. The SMILES string of the molecule is CC(C)[C@@H](NC(=O)CCc1ccc(OC(F)F)cc1)C(=O)O. The van der Waals surface area contributed by atoms with Crippen LogP contribution in [0.4, 0.5) is 8.78 Å². The Morgan fingerprint density at radius 2 is 1.82 bits per heavy atom. The predicted octanol–water partition coefficient (Wildman–Crippen LogP) is 2.45. The van der Waals surface area contributed by atoms with Crippen molar-refractivity contribution in [2.24, 2.45) is 5.92 Å². The molecule has 22 heavy (non-hydrogen) atoms. The lowest BCUT2D eigenvalue weighted by molar-refractivity contribution is -0.143. The summed E-state index contributed by atoms with van der Waals surface area (Å²) in [6, 6.07) is 5.04. The minimum atomic E-state index is -2.87. The second-order valence-electron chi connectivity index (χ2n) is 5.15. The molecule has 1 rings (SSSR count). The number of aryl methyl sites for hydroxylation is 1. The van der Waals surface area contributed by atoms with Crippen LogP contribution in [-0.2, 0) is 16.0 Å². The summed E-state index contributed by atoms with van der Waals surface area (Å²) in [4.78, 5) is 22.7. The van der Waals surface area contributed by atoms with Gasteiger partial charge in [0.25, 0.3) is 0 Å². The zero-order valence-electron chi connectivity index (χ0n) is 12.4. The van der Waals surface area contributed by atoms with Gasteiger partial charge in [-0.1, -0.05) is 26.0 Å². The van der Waals surface area contributed by atoms with Crippen LogP contribution in [0.5, 0.6) is 5.75 Å². The molecule has 2 N–H and O–H groups in total. The van der Waals surface area contributed by atoms with Gasteiger partial charge in [0.2, 0.25) is 5.91 Å². The van der Waals surface area contributed by atoms with Gasteiger partial charge in [-0.15, -0.1) is 0 Å². The van der Waals surface area contributed by atoms with Gasteiger partial charge in [-0.2, -0.15) is 8.78 Å².